The second kappa shape index (κ2) is 11.0. The Morgan fingerprint density at radius 2 is 1.56 bits per heavy atom. The molecular formula is C28H28N4O4. The molecule has 0 aromatic heterocycles. The number of carbonyl (C=O) groups excluding carboxylic acids is 3. The van der Waals surface area contributed by atoms with Crippen molar-refractivity contribution in [2.24, 2.45) is 4.99 Å². The Morgan fingerprint density at radius 3 is 2.22 bits per heavy atom. The summed E-state index contributed by atoms with van der Waals surface area (Å²) >= 11 is 0. The third-order valence-electron chi connectivity index (χ3n) is 6.12. The third-order valence-corrected chi connectivity index (χ3v) is 6.12. The van der Waals surface area contributed by atoms with E-state index in [4.69, 9.17) is 0 Å². The molecule has 3 amide bonds. The van der Waals surface area contributed by atoms with Crippen LogP contribution in [0.2, 0.25) is 0 Å². The van der Waals surface area contributed by atoms with Crippen molar-refractivity contribution in [3.63, 3.8) is 0 Å². The number of benzodiazepines with no additional fused rings is 1. The van der Waals surface area contributed by atoms with Crippen LogP contribution in [0.5, 0.6) is 0 Å². The Kier molecular flexibility index (Phi) is 7.56. The molecule has 3 N–H and O–H groups in total. The summed E-state index contributed by atoms with van der Waals surface area (Å²) in [5, 5.41) is 15.1. The molecule has 8 heteroatoms. The Balaban J connectivity index is 1.56. The van der Waals surface area contributed by atoms with E-state index in [0.29, 0.717) is 17.0 Å². The van der Waals surface area contributed by atoms with Gasteiger partial charge in [-0.15, -0.1) is 0 Å². The van der Waals surface area contributed by atoms with Gasteiger partial charge in [-0.1, -0.05) is 78.9 Å². The zero-order chi connectivity index (χ0) is 25.7. The SMILES string of the molecule is C[C@H](NC(=O)C(CO)c1ccccc1)C(=O)N[C@H]1N=C(c2ccccc2)c2ccccc2N(C)C1=O. The number of aliphatic hydroxyl groups is 1. The summed E-state index contributed by atoms with van der Waals surface area (Å²) in [4.78, 5) is 45.3. The van der Waals surface area contributed by atoms with Crippen LogP contribution in [0.25, 0.3) is 0 Å². The predicted molar refractivity (Wildman–Crippen MR) is 138 cm³/mol. The van der Waals surface area contributed by atoms with Gasteiger partial charge in [0, 0.05) is 18.2 Å². The third kappa shape index (κ3) is 5.18. The molecule has 4 rings (SSSR count). The number of nitrogens with one attached hydrogen (secondary N) is 2. The van der Waals surface area contributed by atoms with Gasteiger partial charge in [0.05, 0.1) is 23.9 Å². The standard InChI is InChI=1S/C28H28N4O4/c1-18(29-27(35)22(17-33)19-11-5-3-6-12-19)26(34)31-25-28(36)32(2)23-16-10-9-15-21(23)24(30-25)20-13-7-4-8-14-20/h3-16,18,22,25,33H,17H2,1-2H3,(H,29,35)(H,31,34)/t18-,22?,25+/m0/s1. The molecule has 0 bridgehead atoms. The molecule has 36 heavy (non-hydrogen) atoms. The average molecular weight is 485 g/mol. The first kappa shape index (κ1) is 24.8. The van der Waals surface area contributed by atoms with Crippen molar-refractivity contribution in [2.45, 2.75) is 25.0 Å². The molecule has 1 heterocycles. The molecule has 1 unspecified atom stereocenters. The van der Waals surface area contributed by atoms with Crippen LogP contribution in [0.4, 0.5) is 5.69 Å². The maximum Gasteiger partial charge on any atom is 0.272 e. The number of aliphatic imine (C=N–C) groups is 1. The first-order valence-electron chi connectivity index (χ1n) is 11.7. The van der Waals surface area contributed by atoms with E-state index in [1.807, 2.05) is 60.7 Å². The number of benzene rings is 3. The van der Waals surface area contributed by atoms with Gasteiger partial charge in [-0.05, 0) is 18.6 Å². The Labute approximate surface area is 209 Å². The number of likely N-dealkylation sites (N-methyl/N-ethyl adjacent to an activating group) is 1. The number of fused-ring (bicyclic) bond motifs is 1. The fourth-order valence-electron chi connectivity index (χ4n) is 4.11. The van der Waals surface area contributed by atoms with Crippen LogP contribution in [-0.4, -0.2) is 54.4 Å². The molecule has 0 aliphatic carbocycles. The molecule has 1 aliphatic heterocycles. The first-order chi connectivity index (χ1) is 17.4. The van der Waals surface area contributed by atoms with Crippen molar-refractivity contribution in [1.82, 2.24) is 10.6 Å². The number of hydrogen-bond donors (Lipinski definition) is 3. The second-order valence-corrected chi connectivity index (χ2v) is 8.55. The van der Waals surface area contributed by atoms with Crippen molar-refractivity contribution >= 4 is 29.1 Å². The molecular weight excluding hydrogens is 456 g/mol. The van der Waals surface area contributed by atoms with Crippen molar-refractivity contribution in [3.8, 4) is 0 Å². The highest BCUT2D eigenvalue weighted by atomic mass is 16.3. The van der Waals surface area contributed by atoms with Crippen LogP contribution in [0, 0.1) is 0 Å². The summed E-state index contributed by atoms with van der Waals surface area (Å²) in [5.74, 6) is -2.28. The van der Waals surface area contributed by atoms with Crippen molar-refractivity contribution in [2.75, 3.05) is 18.6 Å². The number of nitrogens with zero attached hydrogens (tertiary/aromatic N) is 2. The summed E-state index contributed by atoms with van der Waals surface area (Å²) in [6.07, 6.45) is -1.19. The van der Waals surface area contributed by atoms with E-state index in [2.05, 4.69) is 15.6 Å². The van der Waals surface area contributed by atoms with Gasteiger partial charge in [-0.25, -0.2) is 4.99 Å². The summed E-state index contributed by atoms with van der Waals surface area (Å²) in [7, 11) is 1.64. The number of aliphatic hydroxyl groups excluding tert-OH is 1. The molecule has 184 valence electrons. The molecule has 0 saturated carbocycles. The van der Waals surface area contributed by atoms with Crippen LogP contribution in [0.1, 0.15) is 29.5 Å². The van der Waals surface area contributed by atoms with Gasteiger partial charge < -0.3 is 20.6 Å². The summed E-state index contributed by atoms with van der Waals surface area (Å²) in [6.45, 7) is 1.12. The fourth-order valence-corrected chi connectivity index (χ4v) is 4.11. The lowest BCUT2D eigenvalue weighted by molar-refractivity contribution is -0.131. The summed E-state index contributed by atoms with van der Waals surface area (Å²) < 4.78 is 0. The highest BCUT2D eigenvalue weighted by molar-refractivity contribution is 6.20. The predicted octanol–water partition coefficient (Wildman–Crippen LogP) is 2.22. The normalized spacial score (nSPS) is 16.8. The summed E-state index contributed by atoms with van der Waals surface area (Å²) in [6, 6.07) is 24.7. The lowest BCUT2D eigenvalue weighted by atomic mass is 9.99. The van der Waals surface area contributed by atoms with E-state index < -0.39 is 42.5 Å². The molecule has 0 spiro atoms. The molecule has 3 aromatic rings. The molecule has 8 nitrogen and oxygen atoms in total. The van der Waals surface area contributed by atoms with Gasteiger partial charge in [0.1, 0.15) is 6.04 Å². The van der Waals surface area contributed by atoms with Crippen molar-refractivity contribution < 1.29 is 19.5 Å². The molecule has 0 saturated heterocycles. The van der Waals surface area contributed by atoms with E-state index in [9.17, 15) is 19.5 Å². The lowest BCUT2D eigenvalue weighted by Crippen LogP contribution is -2.53. The topological polar surface area (TPSA) is 111 Å². The maximum absolute atomic E-state index is 13.3. The molecule has 3 aromatic carbocycles. The average Bonchev–Trinajstić information content (AvgIpc) is 3.01. The number of hydrogen-bond acceptors (Lipinski definition) is 5. The van der Waals surface area contributed by atoms with E-state index in [1.165, 1.54) is 11.8 Å². The zero-order valence-electron chi connectivity index (χ0n) is 20.1. The molecule has 3 atom stereocenters. The minimum Gasteiger partial charge on any atom is -0.395 e. The lowest BCUT2D eigenvalue weighted by Gasteiger charge is -2.23. The Hall–Kier alpha value is -4.30. The van der Waals surface area contributed by atoms with E-state index in [1.54, 1.807) is 31.3 Å². The number of anilines is 1. The summed E-state index contributed by atoms with van der Waals surface area (Å²) in [5.41, 5.74) is 3.47. The fraction of sp³-hybridized carbons (Fsp3) is 0.214. The highest BCUT2D eigenvalue weighted by Crippen LogP contribution is 2.27. The number of para-hydroxylation sites is 1. The van der Waals surface area contributed by atoms with Crippen LogP contribution in [0.15, 0.2) is 89.9 Å². The van der Waals surface area contributed by atoms with Crippen molar-refractivity contribution in [1.29, 1.82) is 0 Å². The quantitative estimate of drug-likeness (QED) is 0.478. The van der Waals surface area contributed by atoms with Gasteiger partial charge in [0.2, 0.25) is 18.0 Å². The number of amides is 3. The minimum atomic E-state index is -1.19. The van der Waals surface area contributed by atoms with Gasteiger partial charge in [0.25, 0.3) is 5.91 Å². The van der Waals surface area contributed by atoms with E-state index >= 15 is 0 Å². The largest absolute Gasteiger partial charge is 0.395 e. The zero-order valence-corrected chi connectivity index (χ0v) is 20.1. The molecule has 0 fully saturated rings. The van der Waals surface area contributed by atoms with E-state index in [0.717, 1.165) is 11.1 Å². The van der Waals surface area contributed by atoms with Gasteiger partial charge in [0.15, 0.2) is 0 Å². The Bertz CT molecular complexity index is 1280. The van der Waals surface area contributed by atoms with Gasteiger partial charge >= 0.3 is 0 Å². The van der Waals surface area contributed by atoms with Gasteiger partial charge in [-0.2, -0.15) is 0 Å². The van der Waals surface area contributed by atoms with E-state index in [-0.39, 0.29) is 0 Å². The van der Waals surface area contributed by atoms with Crippen LogP contribution in [-0.2, 0) is 14.4 Å². The smallest absolute Gasteiger partial charge is 0.272 e. The second-order valence-electron chi connectivity index (χ2n) is 8.55. The number of carbonyl (C=O) groups is 3. The Morgan fingerprint density at radius 1 is 0.944 bits per heavy atom. The highest BCUT2D eigenvalue weighted by Gasteiger charge is 2.32. The first-order valence-corrected chi connectivity index (χ1v) is 11.7. The molecule has 1 aliphatic rings. The van der Waals surface area contributed by atoms with Crippen LogP contribution < -0.4 is 15.5 Å². The van der Waals surface area contributed by atoms with Crippen molar-refractivity contribution in [3.05, 3.63) is 102 Å². The van der Waals surface area contributed by atoms with Gasteiger partial charge in [-0.3, -0.25) is 14.4 Å². The van der Waals surface area contributed by atoms with Crippen LogP contribution in [0.3, 0.4) is 0 Å². The molecule has 0 radical (unpaired) electrons. The van der Waals surface area contributed by atoms with Crippen LogP contribution >= 0.6 is 0 Å². The minimum absolute atomic E-state index is 0.404. The maximum atomic E-state index is 13.3. The monoisotopic (exact) mass is 484 g/mol. The number of rotatable bonds is 7.